The number of fused-ring (bicyclic) bond motifs is 1. The lowest BCUT2D eigenvalue weighted by Crippen LogP contribution is -2.42. The standard InChI is InChI=1S/C28H31N5O4S/c1-32(2)18-17-29-25(34)19-33(38(3,36)37)22-15-13-21(14-16-22)30-27(20-9-5-4-6-10-20)26-23-11-7-8-12-24(23)31-28(26)35/h4-16,30H,17-19H2,1-3H3,(H,29,34)(H,31,35). The number of hydrogen-bond donors (Lipinski definition) is 3. The van der Waals surface area contributed by atoms with E-state index in [-0.39, 0.29) is 18.4 Å². The number of hydrogen-bond acceptors (Lipinski definition) is 6. The molecule has 0 saturated carbocycles. The molecule has 3 aromatic carbocycles. The highest BCUT2D eigenvalue weighted by Crippen LogP contribution is 2.37. The fraction of sp³-hybridized carbons (Fsp3) is 0.214. The molecule has 3 N–H and O–H groups in total. The highest BCUT2D eigenvalue weighted by atomic mass is 32.2. The predicted molar refractivity (Wildman–Crippen MR) is 152 cm³/mol. The highest BCUT2D eigenvalue weighted by Gasteiger charge is 2.28. The molecule has 38 heavy (non-hydrogen) atoms. The van der Waals surface area contributed by atoms with Crippen LogP contribution in [0.4, 0.5) is 17.1 Å². The largest absolute Gasteiger partial charge is 0.354 e. The van der Waals surface area contributed by atoms with Crippen molar-refractivity contribution in [3.05, 3.63) is 90.0 Å². The lowest BCUT2D eigenvalue weighted by Gasteiger charge is -2.23. The van der Waals surface area contributed by atoms with Crippen LogP contribution in [0.2, 0.25) is 0 Å². The van der Waals surface area contributed by atoms with Crippen molar-refractivity contribution >= 4 is 50.2 Å². The molecule has 4 rings (SSSR count). The van der Waals surface area contributed by atoms with Gasteiger partial charge in [0, 0.05) is 30.0 Å². The van der Waals surface area contributed by atoms with Crippen molar-refractivity contribution in [2.24, 2.45) is 0 Å². The number of carbonyl (C=O) groups excluding carboxylic acids is 2. The van der Waals surface area contributed by atoms with Crippen LogP contribution in [0.1, 0.15) is 11.1 Å². The summed E-state index contributed by atoms with van der Waals surface area (Å²) in [6, 6.07) is 23.7. The third-order valence-electron chi connectivity index (χ3n) is 5.98. The number of nitrogens with zero attached hydrogens (tertiary/aromatic N) is 2. The van der Waals surface area contributed by atoms with Crippen LogP contribution in [-0.4, -0.2) is 65.1 Å². The van der Waals surface area contributed by atoms with E-state index in [1.165, 1.54) is 0 Å². The number of sulfonamides is 1. The zero-order chi connectivity index (χ0) is 27.3. The minimum atomic E-state index is -3.71. The third-order valence-corrected chi connectivity index (χ3v) is 7.12. The molecule has 0 saturated heterocycles. The zero-order valence-electron chi connectivity index (χ0n) is 21.6. The smallest absolute Gasteiger partial charge is 0.258 e. The van der Waals surface area contributed by atoms with Gasteiger partial charge in [0.05, 0.1) is 23.2 Å². The molecule has 10 heteroatoms. The maximum absolute atomic E-state index is 13.0. The van der Waals surface area contributed by atoms with E-state index in [9.17, 15) is 18.0 Å². The van der Waals surface area contributed by atoms with Gasteiger partial charge < -0.3 is 20.9 Å². The molecule has 0 aromatic heterocycles. The number of nitrogens with one attached hydrogen (secondary N) is 3. The van der Waals surface area contributed by atoms with Crippen molar-refractivity contribution in [1.29, 1.82) is 0 Å². The topological polar surface area (TPSA) is 111 Å². The molecule has 198 valence electrons. The van der Waals surface area contributed by atoms with Gasteiger partial charge in [-0.05, 0) is 50.0 Å². The van der Waals surface area contributed by atoms with Gasteiger partial charge in [0.1, 0.15) is 6.54 Å². The first-order valence-corrected chi connectivity index (χ1v) is 13.9. The number of likely N-dealkylation sites (N-methyl/N-ethyl adjacent to an activating group) is 1. The van der Waals surface area contributed by atoms with Gasteiger partial charge in [-0.1, -0.05) is 48.5 Å². The van der Waals surface area contributed by atoms with Crippen LogP contribution in [0.25, 0.3) is 11.3 Å². The predicted octanol–water partition coefficient (Wildman–Crippen LogP) is 3.06. The Morgan fingerprint density at radius 3 is 2.24 bits per heavy atom. The second-order valence-electron chi connectivity index (χ2n) is 9.21. The Morgan fingerprint density at radius 2 is 1.58 bits per heavy atom. The van der Waals surface area contributed by atoms with E-state index in [1.54, 1.807) is 24.3 Å². The quantitative estimate of drug-likeness (QED) is 0.346. The van der Waals surface area contributed by atoms with Gasteiger partial charge in [-0.25, -0.2) is 8.42 Å². The minimum Gasteiger partial charge on any atom is -0.354 e. The van der Waals surface area contributed by atoms with E-state index < -0.39 is 10.0 Å². The molecule has 0 spiro atoms. The maximum atomic E-state index is 13.0. The van der Waals surface area contributed by atoms with E-state index in [4.69, 9.17) is 0 Å². The van der Waals surface area contributed by atoms with Gasteiger partial charge in [0.2, 0.25) is 15.9 Å². The lowest BCUT2D eigenvalue weighted by molar-refractivity contribution is -0.119. The third kappa shape index (κ3) is 6.39. The van der Waals surface area contributed by atoms with Crippen LogP contribution in [0, 0.1) is 0 Å². The van der Waals surface area contributed by atoms with Crippen molar-refractivity contribution in [2.75, 3.05) is 54.9 Å². The Labute approximate surface area is 223 Å². The zero-order valence-corrected chi connectivity index (χ0v) is 22.4. The van der Waals surface area contributed by atoms with Crippen molar-refractivity contribution in [1.82, 2.24) is 10.2 Å². The van der Waals surface area contributed by atoms with E-state index >= 15 is 0 Å². The number of amides is 2. The fourth-order valence-corrected chi connectivity index (χ4v) is 4.97. The van der Waals surface area contributed by atoms with E-state index in [2.05, 4.69) is 16.0 Å². The monoisotopic (exact) mass is 533 g/mol. The molecule has 9 nitrogen and oxygen atoms in total. The second-order valence-corrected chi connectivity index (χ2v) is 11.1. The number of rotatable bonds is 10. The van der Waals surface area contributed by atoms with Crippen molar-refractivity contribution in [3.8, 4) is 0 Å². The van der Waals surface area contributed by atoms with Crippen molar-refractivity contribution in [3.63, 3.8) is 0 Å². The molecule has 3 aromatic rings. The van der Waals surface area contributed by atoms with Gasteiger partial charge in [0.25, 0.3) is 5.91 Å². The molecule has 0 bridgehead atoms. The van der Waals surface area contributed by atoms with E-state index in [0.29, 0.717) is 35.7 Å². The molecule has 0 atom stereocenters. The Kier molecular flexibility index (Phi) is 8.13. The minimum absolute atomic E-state index is 0.210. The van der Waals surface area contributed by atoms with Crippen LogP contribution in [0.3, 0.4) is 0 Å². The lowest BCUT2D eigenvalue weighted by atomic mass is 10.00. The summed E-state index contributed by atoms with van der Waals surface area (Å²) in [6.07, 6.45) is 1.07. The molecule has 1 aliphatic rings. The molecule has 0 radical (unpaired) electrons. The van der Waals surface area contributed by atoms with Gasteiger partial charge in [-0.2, -0.15) is 0 Å². The fourth-order valence-electron chi connectivity index (χ4n) is 4.11. The summed E-state index contributed by atoms with van der Waals surface area (Å²) in [5, 5.41) is 9.01. The summed E-state index contributed by atoms with van der Waals surface area (Å²) in [4.78, 5) is 27.3. The number of benzene rings is 3. The molecule has 1 heterocycles. The van der Waals surface area contributed by atoms with Crippen LogP contribution in [0.15, 0.2) is 78.9 Å². The Bertz CT molecular complexity index is 1450. The Hall–Kier alpha value is -4.15. The van der Waals surface area contributed by atoms with Crippen molar-refractivity contribution < 1.29 is 18.0 Å². The van der Waals surface area contributed by atoms with Gasteiger partial charge >= 0.3 is 0 Å². The average molecular weight is 534 g/mol. The molecular formula is C28H31N5O4S. The summed E-state index contributed by atoms with van der Waals surface area (Å²) in [7, 11) is 0.0733. The van der Waals surface area contributed by atoms with Crippen LogP contribution in [0.5, 0.6) is 0 Å². The summed E-state index contributed by atoms with van der Waals surface area (Å²) in [5.41, 5.74) is 4.52. The summed E-state index contributed by atoms with van der Waals surface area (Å²) >= 11 is 0. The molecule has 0 fully saturated rings. The SMILES string of the molecule is CN(C)CCNC(=O)CN(c1ccc(NC(=C2C(=O)Nc3ccccc32)c2ccccc2)cc1)S(C)(=O)=O. The van der Waals surface area contributed by atoms with Crippen molar-refractivity contribution in [2.45, 2.75) is 0 Å². The molecule has 0 aliphatic carbocycles. The first kappa shape index (κ1) is 26.9. The molecular weight excluding hydrogens is 502 g/mol. The van der Waals surface area contributed by atoms with Gasteiger partial charge in [0.15, 0.2) is 0 Å². The second kappa shape index (κ2) is 11.5. The number of anilines is 3. The first-order valence-electron chi connectivity index (χ1n) is 12.1. The van der Waals surface area contributed by atoms with Gasteiger partial charge in [-0.15, -0.1) is 0 Å². The molecule has 1 aliphatic heterocycles. The summed E-state index contributed by atoms with van der Waals surface area (Å²) in [6.45, 7) is 0.738. The molecule has 0 unspecified atom stereocenters. The normalized spacial score (nSPS) is 14.1. The summed E-state index contributed by atoms with van der Waals surface area (Å²) < 4.78 is 26.1. The number of para-hydroxylation sites is 1. The highest BCUT2D eigenvalue weighted by molar-refractivity contribution is 7.92. The Balaban J connectivity index is 1.62. The molecule has 2 amide bonds. The van der Waals surface area contributed by atoms with Gasteiger partial charge in [-0.3, -0.25) is 13.9 Å². The first-order chi connectivity index (χ1) is 18.1. The average Bonchev–Trinajstić information content (AvgIpc) is 3.21. The van der Waals surface area contributed by atoms with E-state index in [1.807, 2.05) is 73.6 Å². The van der Waals surface area contributed by atoms with E-state index in [0.717, 1.165) is 27.4 Å². The number of carbonyl (C=O) groups is 2. The Morgan fingerprint density at radius 1 is 0.921 bits per heavy atom. The maximum Gasteiger partial charge on any atom is 0.258 e. The van der Waals surface area contributed by atoms with Crippen LogP contribution in [-0.2, 0) is 19.6 Å². The van der Waals surface area contributed by atoms with Crippen LogP contribution >= 0.6 is 0 Å². The van der Waals surface area contributed by atoms with Crippen LogP contribution < -0.4 is 20.3 Å². The summed E-state index contributed by atoms with van der Waals surface area (Å²) in [5.74, 6) is -0.598.